The summed E-state index contributed by atoms with van der Waals surface area (Å²) in [5.41, 5.74) is 1.24. The molecule has 0 aromatic heterocycles. The van der Waals surface area contributed by atoms with Crippen LogP contribution in [0.2, 0.25) is 5.02 Å². The number of nitriles is 1. The van der Waals surface area contributed by atoms with Gasteiger partial charge in [-0.3, -0.25) is 4.79 Å². The van der Waals surface area contributed by atoms with E-state index in [0.29, 0.717) is 29.4 Å². The monoisotopic (exact) mass is 278 g/mol. The number of anilines is 1. The van der Waals surface area contributed by atoms with Crippen molar-refractivity contribution >= 4 is 23.2 Å². The topological polar surface area (TPSA) is 68.2 Å². The molecule has 1 aliphatic rings. The summed E-state index contributed by atoms with van der Waals surface area (Å²) in [5, 5.41) is 15.6. The van der Waals surface area contributed by atoms with E-state index in [4.69, 9.17) is 11.6 Å². The summed E-state index contributed by atoms with van der Waals surface area (Å²) in [6, 6.07) is 6.92. The van der Waals surface area contributed by atoms with Crippen molar-refractivity contribution in [2.24, 2.45) is 0 Å². The maximum atomic E-state index is 11.9. The molecule has 1 aromatic carbocycles. The van der Waals surface area contributed by atoms with E-state index in [1.54, 1.807) is 25.2 Å². The van der Waals surface area contributed by atoms with Gasteiger partial charge in [0.15, 0.2) is 0 Å². The van der Waals surface area contributed by atoms with Crippen LogP contribution in [0.1, 0.15) is 5.56 Å². The SMILES string of the molecule is CNC(=O)C1CNCCN1c1cc(Cl)ccc1C#N. The van der Waals surface area contributed by atoms with Gasteiger partial charge in [0.1, 0.15) is 12.1 Å². The Morgan fingerprint density at radius 3 is 3.11 bits per heavy atom. The number of hydrogen-bond acceptors (Lipinski definition) is 4. The Bertz CT molecular complexity index is 526. The Hall–Kier alpha value is -1.77. The van der Waals surface area contributed by atoms with E-state index in [1.807, 2.05) is 4.90 Å². The highest BCUT2D eigenvalue weighted by Gasteiger charge is 2.29. The number of carbonyl (C=O) groups excluding carboxylic acids is 1. The quantitative estimate of drug-likeness (QED) is 0.837. The van der Waals surface area contributed by atoms with Crippen LogP contribution in [0.25, 0.3) is 0 Å². The Labute approximate surface area is 117 Å². The van der Waals surface area contributed by atoms with E-state index >= 15 is 0 Å². The van der Waals surface area contributed by atoms with Crippen LogP contribution in [-0.2, 0) is 4.79 Å². The number of nitrogens with zero attached hydrogens (tertiary/aromatic N) is 2. The van der Waals surface area contributed by atoms with Gasteiger partial charge in [-0.05, 0) is 18.2 Å². The summed E-state index contributed by atoms with van der Waals surface area (Å²) >= 11 is 6.00. The average Bonchev–Trinajstić information content (AvgIpc) is 2.46. The molecule has 5 nitrogen and oxygen atoms in total. The normalized spacial score (nSPS) is 18.8. The second-order valence-electron chi connectivity index (χ2n) is 4.30. The summed E-state index contributed by atoms with van der Waals surface area (Å²) in [7, 11) is 1.61. The molecular weight excluding hydrogens is 264 g/mol. The zero-order valence-electron chi connectivity index (χ0n) is 10.6. The first-order chi connectivity index (χ1) is 9.17. The Balaban J connectivity index is 2.40. The molecule has 19 heavy (non-hydrogen) atoms. The third-order valence-electron chi connectivity index (χ3n) is 3.18. The number of amides is 1. The molecule has 0 saturated carbocycles. The molecule has 2 rings (SSSR count). The van der Waals surface area contributed by atoms with Crippen LogP contribution in [0, 0.1) is 11.3 Å². The Morgan fingerprint density at radius 2 is 2.42 bits per heavy atom. The van der Waals surface area contributed by atoms with Crippen LogP contribution < -0.4 is 15.5 Å². The van der Waals surface area contributed by atoms with Crippen LogP contribution in [-0.4, -0.2) is 38.6 Å². The van der Waals surface area contributed by atoms with Gasteiger partial charge in [-0.25, -0.2) is 0 Å². The molecule has 1 amide bonds. The number of likely N-dealkylation sites (N-methyl/N-ethyl adjacent to an activating group) is 1. The van der Waals surface area contributed by atoms with E-state index in [0.717, 1.165) is 6.54 Å². The van der Waals surface area contributed by atoms with Crippen molar-refractivity contribution in [3.05, 3.63) is 28.8 Å². The summed E-state index contributed by atoms with van der Waals surface area (Å²) in [6.45, 7) is 1.98. The lowest BCUT2D eigenvalue weighted by Crippen LogP contribution is -2.57. The number of halogens is 1. The Morgan fingerprint density at radius 1 is 1.63 bits per heavy atom. The van der Waals surface area contributed by atoms with Gasteiger partial charge < -0.3 is 15.5 Å². The van der Waals surface area contributed by atoms with Crippen LogP contribution in [0.3, 0.4) is 0 Å². The number of piperazine rings is 1. The summed E-state index contributed by atoms with van der Waals surface area (Å²) in [5.74, 6) is -0.0731. The van der Waals surface area contributed by atoms with Crippen molar-refractivity contribution in [3.8, 4) is 6.07 Å². The molecule has 1 aliphatic heterocycles. The molecule has 0 aliphatic carbocycles. The van der Waals surface area contributed by atoms with Crippen LogP contribution in [0.5, 0.6) is 0 Å². The fraction of sp³-hybridized carbons (Fsp3) is 0.385. The van der Waals surface area contributed by atoms with E-state index < -0.39 is 0 Å². The molecule has 1 atom stereocenters. The first-order valence-corrected chi connectivity index (χ1v) is 6.43. The molecule has 2 N–H and O–H groups in total. The zero-order valence-corrected chi connectivity index (χ0v) is 11.4. The second kappa shape index (κ2) is 5.91. The average molecular weight is 279 g/mol. The van der Waals surface area contributed by atoms with Gasteiger partial charge in [-0.15, -0.1) is 0 Å². The van der Waals surface area contributed by atoms with Crippen molar-refractivity contribution in [3.63, 3.8) is 0 Å². The van der Waals surface area contributed by atoms with Gasteiger partial charge in [0.2, 0.25) is 5.91 Å². The number of nitrogens with one attached hydrogen (secondary N) is 2. The fourth-order valence-corrected chi connectivity index (χ4v) is 2.40. The number of carbonyl (C=O) groups is 1. The number of rotatable bonds is 2. The number of benzene rings is 1. The van der Waals surface area contributed by atoms with Crippen LogP contribution in [0.15, 0.2) is 18.2 Å². The molecule has 0 spiro atoms. The van der Waals surface area contributed by atoms with Crippen molar-refractivity contribution in [2.45, 2.75) is 6.04 Å². The predicted octanol–water partition coefficient (Wildman–Crippen LogP) is 0.736. The molecule has 1 heterocycles. The maximum absolute atomic E-state index is 11.9. The smallest absolute Gasteiger partial charge is 0.243 e. The molecule has 1 saturated heterocycles. The molecule has 0 radical (unpaired) electrons. The van der Waals surface area contributed by atoms with E-state index in [-0.39, 0.29) is 11.9 Å². The van der Waals surface area contributed by atoms with Gasteiger partial charge in [0.05, 0.1) is 11.3 Å². The Kier molecular flexibility index (Phi) is 4.25. The molecule has 1 fully saturated rings. The summed E-state index contributed by atoms with van der Waals surface area (Å²) in [6.07, 6.45) is 0. The minimum atomic E-state index is -0.329. The lowest BCUT2D eigenvalue weighted by Gasteiger charge is -2.37. The van der Waals surface area contributed by atoms with E-state index in [1.165, 1.54) is 0 Å². The first kappa shape index (κ1) is 13.7. The van der Waals surface area contributed by atoms with Crippen molar-refractivity contribution in [2.75, 3.05) is 31.6 Å². The molecule has 100 valence electrons. The van der Waals surface area contributed by atoms with Gasteiger partial charge in [-0.1, -0.05) is 11.6 Å². The fourth-order valence-electron chi connectivity index (χ4n) is 2.23. The van der Waals surface area contributed by atoms with Gasteiger partial charge in [-0.2, -0.15) is 5.26 Å². The molecule has 1 aromatic rings. The highest BCUT2D eigenvalue weighted by molar-refractivity contribution is 6.30. The highest BCUT2D eigenvalue weighted by Crippen LogP contribution is 2.26. The summed E-state index contributed by atoms with van der Waals surface area (Å²) < 4.78 is 0. The lowest BCUT2D eigenvalue weighted by atomic mass is 10.1. The maximum Gasteiger partial charge on any atom is 0.243 e. The van der Waals surface area contributed by atoms with Crippen molar-refractivity contribution in [1.82, 2.24) is 10.6 Å². The van der Waals surface area contributed by atoms with Crippen LogP contribution in [0.4, 0.5) is 5.69 Å². The lowest BCUT2D eigenvalue weighted by molar-refractivity contribution is -0.122. The number of hydrogen-bond donors (Lipinski definition) is 2. The van der Waals surface area contributed by atoms with E-state index in [2.05, 4.69) is 16.7 Å². The third kappa shape index (κ3) is 2.80. The molecule has 0 bridgehead atoms. The van der Waals surface area contributed by atoms with Crippen molar-refractivity contribution in [1.29, 1.82) is 5.26 Å². The molecular formula is C13H15ClN4O. The molecule has 6 heteroatoms. The third-order valence-corrected chi connectivity index (χ3v) is 3.42. The van der Waals surface area contributed by atoms with Gasteiger partial charge >= 0.3 is 0 Å². The zero-order chi connectivity index (χ0) is 13.8. The predicted molar refractivity (Wildman–Crippen MR) is 74.2 cm³/mol. The minimum Gasteiger partial charge on any atom is -0.357 e. The second-order valence-corrected chi connectivity index (χ2v) is 4.74. The largest absolute Gasteiger partial charge is 0.357 e. The van der Waals surface area contributed by atoms with E-state index in [9.17, 15) is 10.1 Å². The summed E-state index contributed by atoms with van der Waals surface area (Å²) in [4.78, 5) is 13.9. The van der Waals surface area contributed by atoms with Gasteiger partial charge in [0, 0.05) is 31.7 Å². The standard InChI is InChI=1S/C13H15ClN4O/c1-16-13(19)12-8-17-4-5-18(12)11-6-10(14)3-2-9(11)7-15/h2-3,6,12,17H,4-5,8H2,1H3,(H,16,19). The first-order valence-electron chi connectivity index (χ1n) is 6.06. The van der Waals surface area contributed by atoms with Crippen molar-refractivity contribution < 1.29 is 4.79 Å². The highest BCUT2D eigenvalue weighted by atomic mass is 35.5. The van der Waals surface area contributed by atoms with Crippen LogP contribution >= 0.6 is 11.6 Å². The van der Waals surface area contributed by atoms with Gasteiger partial charge in [0.25, 0.3) is 0 Å². The molecule has 1 unspecified atom stereocenters. The minimum absolute atomic E-state index is 0.0731.